The molecule has 0 bridgehead atoms. The Balaban J connectivity index is 1.68. The lowest BCUT2D eigenvalue weighted by Gasteiger charge is -2.40. The highest BCUT2D eigenvalue weighted by Gasteiger charge is 2.50. The van der Waals surface area contributed by atoms with Crippen LogP contribution >= 0.6 is 0 Å². The van der Waals surface area contributed by atoms with E-state index in [2.05, 4.69) is 30.1 Å². The number of esters is 1. The summed E-state index contributed by atoms with van der Waals surface area (Å²) >= 11 is 0. The molecule has 3 nitrogen and oxygen atoms in total. The maximum Gasteiger partial charge on any atom is 0.313 e. The van der Waals surface area contributed by atoms with Crippen LogP contribution in [0.4, 0.5) is 0 Å². The molecule has 0 aromatic carbocycles. The summed E-state index contributed by atoms with van der Waals surface area (Å²) in [5.74, 6) is 1.13. The summed E-state index contributed by atoms with van der Waals surface area (Å²) < 4.78 is 5.58. The Morgan fingerprint density at radius 1 is 1.29 bits per heavy atom. The van der Waals surface area contributed by atoms with Crippen molar-refractivity contribution in [1.29, 1.82) is 0 Å². The Hall–Kier alpha value is -1.90. The number of fused-ring (bicyclic) bond motifs is 2. The minimum absolute atomic E-state index is 0.00217. The summed E-state index contributed by atoms with van der Waals surface area (Å²) in [6.45, 7) is 4.07. The van der Waals surface area contributed by atoms with E-state index < -0.39 is 0 Å². The highest BCUT2D eigenvalue weighted by molar-refractivity contribution is 5.78. The van der Waals surface area contributed by atoms with Crippen molar-refractivity contribution in [2.45, 2.75) is 45.6 Å². The van der Waals surface area contributed by atoms with Gasteiger partial charge in [-0.15, -0.1) is 0 Å². The van der Waals surface area contributed by atoms with E-state index in [-0.39, 0.29) is 23.9 Å². The van der Waals surface area contributed by atoms with Crippen LogP contribution < -0.4 is 0 Å². The molecule has 0 spiro atoms. The SMILES string of the molecule is Cc1cccc(/C=C/[C@@H]2[C@@H]3[C@@H](C)OC(=O)[C@@H]3C=C3CCCC[C@H]32)n1. The van der Waals surface area contributed by atoms with Crippen LogP contribution in [-0.2, 0) is 9.53 Å². The molecule has 3 aliphatic rings. The molecule has 0 unspecified atom stereocenters. The molecule has 5 atom stereocenters. The van der Waals surface area contributed by atoms with Crippen LogP contribution in [0.15, 0.2) is 35.9 Å². The third kappa shape index (κ3) is 2.70. The summed E-state index contributed by atoms with van der Waals surface area (Å²) in [5, 5.41) is 0. The average Bonchev–Trinajstić information content (AvgIpc) is 2.86. The third-order valence-corrected chi connectivity index (χ3v) is 5.94. The quantitative estimate of drug-likeness (QED) is 0.601. The van der Waals surface area contributed by atoms with Gasteiger partial charge in [0.2, 0.25) is 0 Å². The second-order valence-electron chi connectivity index (χ2n) is 7.48. The molecule has 2 heterocycles. The molecule has 4 rings (SSSR count). The third-order valence-electron chi connectivity index (χ3n) is 5.94. The molecule has 2 aliphatic carbocycles. The van der Waals surface area contributed by atoms with E-state index in [1.807, 2.05) is 25.1 Å². The van der Waals surface area contributed by atoms with Crippen LogP contribution in [0.3, 0.4) is 0 Å². The van der Waals surface area contributed by atoms with Gasteiger partial charge in [0.05, 0.1) is 11.6 Å². The topological polar surface area (TPSA) is 39.2 Å². The zero-order valence-corrected chi connectivity index (χ0v) is 14.4. The fourth-order valence-electron chi connectivity index (χ4n) is 4.86. The second kappa shape index (κ2) is 6.19. The van der Waals surface area contributed by atoms with Crippen molar-refractivity contribution < 1.29 is 9.53 Å². The zero-order chi connectivity index (χ0) is 16.7. The van der Waals surface area contributed by atoms with Crippen molar-refractivity contribution in [3.8, 4) is 0 Å². The molecule has 126 valence electrons. The highest BCUT2D eigenvalue weighted by atomic mass is 16.6. The predicted molar refractivity (Wildman–Crippen MR) is 94.1 cm³/mol. The number of nitrogens with zero attached hydrogens (tertiary/aromatic N) is 1. The van der Waals surface area contributed by atoms with Gasteiger partial charge in [-0.1, -0.05) is 30.2 Å². The Kier molecular flexibility index (Phi) is 4.03. The van der Waals surface area contributed by atoms with Crippen LogP contribution in [0.5, 0.6) is 0 Å². The number of hydrogen-bond acceptors (Lipinski definition) is 3. The summed E-state index contributed by atoms with van der Waals surface area (Å²) in [4.78, 5) is 16.8. The lowest BCUT2D eigenvalue weighted by molar-refractivity contribution is -0.142. The van der Waals surface area contributed by atoms with Crippen LogP contribution in [0, 0.1) is 30.6 Å². The second-order valence-corrected chi connectivity index (χ2v) is 7.48. The Morgan fingerprint density at radius 2 is 2.17 bits per heavy atom. The molecule has 1 saturated carbocycles. The minimum Gasteiger partial charge on any atom is -0.462 e. The van der Waals surface area contributed by atoms with Crippen molar-refractivity contribution in [1.82, 2.24) is 4.98 Å². The van der Waals surface area contributed by atoms with Crippen molar-refractivity contribution in [2.24, 2.45) is 23.7 Å². The number of allylic oxidation sites excluding steroid dienone is 2. The highest BCUT2D eigenvalue weighted by Crippen LogP contribution is 2.50. The van der Waals surface area contributed by atoms with E-state index in [4.69, 9.17) is 4.74 Å². The number of cyclic esters (lactones) is 1. The smallest absolute Gasteiger partial charge is 0.313 e. The molecule has 1 aromatic heterocycles. The van der Waals surface area contributed by atoms with E-state index in [9.17, 15) is 4.79 Å². The van der Waals surface area contributed by atoms with E-state index in [1.165, 1.54) is 24.8 Å². The molecule has 2 fully saturated rings. The van der Waals surface area contributed by atoms with E-state index in [0.29, 0.717) is 11.8 Å². The molecular weight excluding hydrogens is 298 g/mol. The number of aryl methyl sites for hydroxylation is 1. The van der Waals surface area contributed by atoms with Gasteiger partial charge in [-0.3, -0.25) is 9.78 Å². The fraction of sp³-hybridized carbons (Fsp3) is 0.524. The van der Waals surface area contributed by atoms with Gasteiger partial charge < -0.3 is 4.74 Å². The number of rotatable bonds is 2. The molecule has 0 radical (unpaired) electrons. The standard InChI is InChI=1S/C21H25NO2/c1-13-6-5-8-16(22-13)10-11-18-17-9-4-3-7-15(17)12-19-20(18)14(2)24-21(19)23/h5-6,8,10-12,14,17-20H,3-4,7,9H2,1-2H3/b11-10+/t14-,17-,18+,19-,20+/m1/s1. The van der Waals surface area contributed by atoms with Crippen molar-refractivity contribution in [3.05, 3.63) is 47.3 Å². The Labute approximate surface area is 143 Å². The molecule has 0 amide bonds. The molecular formula is C21H25NO2. The van der Waals surface area contributed by atoms with Crippen LogP contribution in [0.1, 0.15) is 44.0 Å². The van der Waals surface area contributed by atoms with E-state index in [0.717, 1.165) is 17.8 Å². The van der Waals surface area contributed by atoms with Crippen LogP contribution in [0.25, 0.3) is 6.08 Å². The maximum atomic E-state index is 12.3. The van der Waals surface area contributed by atoms with Gasteiger partial charge in [0.1, 0.15) is 6.10 Å². The van der Waals surface area contributed by atoms with Crippen molar-refractivity contribution >= 4 is 12.0 Å². The van der Waals surface area contributed by atoms with Gasteiger partial charge >= 0.3 is 5.97 Å². The largest absolute Gasteiger partial charge is 0.462 e. The zero-order valence-electron chi connectivity index (χ0n) is 14.4. The average molecular weight is 323 g/mol. The molecule has 24 heavy (non-hydrogen) atoms. The molecule has 1 aromatic rings. The van der Waals surface area contributed by atoms with Crippen molar-refractivity contribution in [2.75, 3.05) is 0 Å². The Bertz CT molecular complexity index is 706. The Morgan fingerprint density at radius 3 is 3.00 bits per heavy atom. The first kappa shape index (κ1) is 15.6. The maximum absolute atomic E-state index is 12.3. The first-order valence-corrected chi connectivity index (χ1v) is 9.16. The summed E-state index contributed by atoms with van der Waals surface area (Å²) in [6.07, 6.45) is 11.6. The number of hydrogen-bond donors (Lipinski definition) is 0. The van der Waals surface area contributed by atoms with Gasteiger partial charge in [-0.2, -0.15) is 0 Å². The molecule has 3 heteroatoms. The predicted octanol–water partition coefficient (Wildman–Crippen LogP) is 4.33. The first-order chi connectivity index (χ1) is 11.6. The summed E-state index contributed by atoms with van der Waals surface area (Å²) in [5.41, 5.74) is 3.52. The number of carbonyl (C=O) groups is 1. The number of aromatic nitrogens is 1. The van der Waals surface area contributed by atoms with Crippen LogP contribution in [-0.4, -0.2) is 17.1 Å². The van der Waals surface area contributed by atoms with E-state index in [1.54, 1.807) is 0 Å². The number of pyridine rings is 1. The summed E-state index contributed by atoms with van der Waals surface area (Å²) in [6, 6.07) is 6.10. The number of carbonyl (C=O) groups excluding carboxylic acids is 1. The monoisotopic (exact) mass is 323 g/mol. The first-order valence-electron chi connectivity index (χ1n) is 9.16. The molecule has 1 saturated heterocycles. The van der Waals surface area contributed by atoms with Gasteiger partial charge in [-0.25, -0.2) is 0 Å². The lowest BCUT2D eigenvalue weighted by atomic mass is 9.62. The summed E-state index contributed by atoms with van der Waals surface area (Å²) in [7, 11) is 0. The normalized spacial score (nSPS) is 35.3. The number of ether oxygens (including phenoxy) is 1. The van der Waals surface area contributed by atoms with Gasteiger partial charge in [0, 0.05) is 11.6 Å². The minimum atomic E-state index is -0.0514. The van der Waals surface area contributed by atoms with Crippen LogP contribution in [0.2, 0.25) is 0 Å². The van der Waals surface area contributed by atoms with Gasteiger partial charge in [0.25, 0.3) is 0 Å². The van der Waals surface area contributed by atoms with Gasteiger partial charge in [0.15, 0.2) is 0 Å². The van der Waals surface area contributed by atoms with E-state index >= 15 is 0 Å². The lowest BCUT2D eigenvalue weighted by Crippen LogP contribution is -2.37. The van der Waals surface area contributed by atoms with Crippen molar-refractivity contribution in [3.63, 3.8) is 0 Å². The fourth-order valence-corrected chi connectivity index (χ4v) is 4.86. The van der Waals surface area contributed by atoms with Gasteiger partial charge in [-0.05, 0) is 63.2 Å². The molecule has 1 aliphatic heterocycles. The molecule has 0 N–H and O–H groups in total.